The summed E-state index contributed by atoms with van der Waals surface area (Å²) in [6, 6.07) is 13.2. The van der Waals surface area contributed by atoms with Gasteiger partial charge >= 0.3 is 0 Å². The third-order valence-electron chi connectivity index (χ3n) is 3.03. The van der Waals surface area contributed by atoms with Crippen molar-refractivity contribution < 1.29 is 9.90 Å². The molecule has 0 aliphatic heterocycles. The van der Waals surface area contributed by atoms with Gasteiger partial charge in [0.05, 0.1) is 5.56 Å². The number of phenols is 1. The molecule has 1 aromatic heterocycles. The normalized spacial score (nSPS) is 10.5. The number of nitrogens with one attached hydrogen (secondary N) is 1. The molecule has 0 saturated carbocycles. The quantitative estimate of drug-likeness (QED) is 0.729. The first-order valence-corrected chi connectivity index (χ1v) is 6.54. The standard InChI is InChI=1S/C15H10ClN3O2/c16-10-7-5-9(6-8-10)13-14(18-19-17-13)15(21)11-3-1-2-4-12(11)20/h1-8,20H,(H,17,18,19). The lowest BCUT2D eigenvalue weighted by Crippen LogP contribution is -2.04. The van der Waals surface area contributed by atoms with Crippen LogP contribution in [0.4, 0.5) is 0 Å². The summed E-state index contributed by atoms with van der Waals surface area (Å²) in [5, 5.41) is 20.7. The van der Waals surface area contributed by atoms with E-state index in [9.17, 15) is 9.90 Å². The molecule has 0 spiro atoms. The molecule has 2 aromatic carbocycles. The first kappa shape index (κ1) is 13.3. The second-order valence-electron chi connectivity index (χ2n) is 4.37. The van der Waals surface area contributed by atoms with Gasteiger partial charge in [0.25, 0.3) is 0 Å². The van der Waals surface area contributed by atoms with Crippen LogP contribution in [-0.2, 0) is 0 Å². The molecule has 1 heterocycles. The minimum Gasteiger partial charge on any atom is -0.507 e. The summed E-state index contributed by atoms with van der Waals surface area (Å²) >= 11 is 5.85. The van der Waals surface area contributed by atoms with Crippen LogP contribution >= 0.6 is 11.6 Å². The van der Waals surface area contributed by atoms with Gasteiger partial charge in [-0.25, -0.2) is 0 Å². The predicted octanol–water partition coefficient (Wildman–Crippen LogP) is 3.06. The van der Waals surface area contributed by atoms with Crippen molar-refractivity contribution in [2.75, 3.05) is 0 Å². The number of hydrogen-bond acceptors (Lipinski definition) is 4. The fraction of sp³-hybridized carbons (Fsp3) is 0. The van der Waals surface area contributed by atoms with E-state index in [0.717, 1.165) is 0 Å². The number of carbonyl (C=O) groups excluding carboxylic acids is 1. The van der Waals surface area contributed by atoms with E-state index in [0.29, 0.717) is 16.3 Å². The Bertz CT molecular complexity index is 797. The highest BCUT2D eigenvalue weighted by atomic mass is 35.5. The number of phenolic OH excluding ortho intramolecular Hbond substituents is 1. The average Bonchev–Trinajstić information content (AvgIpc) is 2.97. The van der Waals surface area contributed by atoms with Crippen molar-refractivity contribution in [1.82, 2.24) is 15.4 Å². The molecular weight excluding hydrogens is 290 g/mol. The summed E-state index contributed by atoms with van der Waals surface area (Å²) in [7, 11) is 0. The zero-order valence-electron chi connectivity index (χ0n) is 10.7. The number of aromatic amines is 1. The second kappa shape index (κ2) is 5.38. The number of benzene rings is 2. The van der Waals surface area contributed by atoms with Gasteiger partial charge in [0, 0.05) is 10.6 Å². The third kappa shape index (κ3) is 2.51. The lowest BCUT2D eigenvalue weighted by molar-refractivity contribution is 0.103. The van der Waals surface area contributed by atoms with Gasteiger partial charge in [-0.1, -0.05) is 35.9 Å². The van der Waals surface area contributed by atoms with Crippen LogP contribution in [0, 0.1) is 0 Å². The van der Waals surface area contributed by atoms with Crippen molar-refractivity contribution in [2.45, 2.75) is 0 Å². The minimum atomic E-state index is -0.396. The van der Waals surface area contributed by atoms with E-state index in [-0.39, 0.29) is 17.0 Å². The number of rotatable bonds is 3. The summed E-state index contributed by atoms with van der Waals surface area (Å²) in [6.07, 6.45) is 0. The van der Waals surface area contributed by atoms with Gasteiger partial charge in [0.1, 0.15) is 11.4 Å². The Kier molecular flexibility index (Phi) is 3.41. The minimum absolute atomic E-state index is 0.0902. The molecule has 0 bridgehead atoms. The topological polar surface area (TPSA) is 78.9 Å². The Balaban J connectivity index is 2.05. The van der Waals surface area contributed by atoms with E-state index >= 15 is 0 Å². The lowest BCUT2D eigenvalue weighted by atomic mass is 10.0. The lowest BCUT2D eigenvalue weighted by Gasteiger charge is -2.03. The smallest absolute Gasteiger partial charge is 0.219 e. The first-order chi connectivity index (χ1) is 10.2. The molecule has 0 fully saturated rings. The average molecular weight is 300 g/mol. The van der Waals surface area contributed by atoms with Gasteiger partial charge in [-0.2, -0.15) is 15.4 Å². The fourth-order valence-electron chi connectivity index (χ4n) is 1.99. The zero-order valence-corrected chi connectivity index (χ0v) is 11.5. The summed E-state index contributed by atoms with van der Waals surface area (Å²) in [5.74, 6) is -0.487. The molecule has 3 aromatic rings. The number of aromatic nitrogens is 3. The molecule has 0 unspecified atom stereocenters. The Labute approximate surface area is 125 Å². The Morgan fingerprint density at radius 2 is 1.76 bits per heavy atom. The number of nitrogens with zero attached hydrogens (tertiary/aromatic N) is 2. The number of aromatic hydroxyl groups is 1. The molecule has 0 radical (unpaired) electrons. The van der Waals surface area contributed by atoms with Crippen LogP contribution in [0.3, 0.4) is 0 Å². The summed E-state index contributed by atoms with van der Waals surface area (Å²) in [6.45, 7) is 0. The van der Waals surface area contributed by atoms with Crippen molar-refractivity contribution >= 4 is 17.4 Å². The van der Waals surface area contributed by atoms with Gasteiger partial charge in [-0.3, -0.25) is 4.79 Å². The Hall–Kier alpha value is -2.66. The number of para-hydroxylation sites is 1. The van der Waals surface area contributed by atoms with Gasteiger partial charge in [-0.15, -0.1) is 0 Å². The Morgan fingerprint density at radius 1 is 1.05 bits per heavy atom. The fourth-order valence-corrected chi connectivity index (χ4v) is 2.12. The second-order valence-corrected chi connectivity index (χ2v) is 4.81. The monoisotopic (exact) mass is 299 g/mol. The van der Waals surface area contributed by atoms with E-state index in [2.05, 4.69) is 15.4 Å². The van der Waals surface area contributed by atoms with Gasteiger partial charge in [-0.05, 0) is 24.3 Å². The molecular formula is C15H10ClN3O2. The molecule has 0 aliphatic rings. The van der Waals surface area contributed by atoms with Crippen LogP contribution < -0.4 is 0 Å². The van der Waals surface area contributed by atoms with Crippen LogP contribution in [0.25, 0.3) is 11.3 Å². The van der Waals surface area contributed by atoms with Crippen molar-refractivity contribution in [1.29, 1.82) is 0 Å². The molecule has 0 aliphatic carbocycles. The third-order valence-corrected chi connectivity index (χ3v) is 3.28. The summed E-state index contributed by atoms with van der Waals surface area (Å²) in [5.41, 5.74) is 1.47. The molecule has 0 atom stereocenters. The number of halogens is 1. The van der Waals surface area contributed by atoms with E-state index in [1.807, 2.05) is 0 Å². The molecule has 6 heteroatoms. The molecule has 104 valence electrons. The van der Waals surface area contributed by atoms with Gasteiger partial charge in [0.2, 0.25) is 5.78 Å². The van der Waals surface area contributed by atoms with E-state index < -0.39 is 5.78 Å². The highest BCUT2D eigenvalue weighted by Gasteiger charge is 2.21. The van der Waals surface area contributed by atoms with E-state index in [1.165, 1.54) is 12.1 Å². The maximum absolute atomic E-state index is 12.5. The van der Waals surface area contributed by atoms with E-state index in [4.69, 9.17) is 11.6 Å². The van der Waals surface area contributed by atoms with E-state index in [1.54, 1.807) is 36.4 Å². The van der Waals surface area contributed by atoms with Crippen molar-refractivity contribution in [3.63, 3.8) is 0 Å². The van der Waals surface area contributed by atoms with Crippen LogP contribution in [-0.4, -0.2) is 26.3 Å². The van der Waals surface area contributed by atoms with Crippen LogP contribution in [0.2, 0.25) is 5.02 Å². The molecule has 2 N–H and O–H groups in total. The van der Waals surface area contributed by atoms with Crippen molar-refractivity contribution in [3.8, 4) is 17.0 Å². The molecule has 21 heavy (non-hydrogen) atoms. The molecule has 0 amide bonds. The van der Waals surface area contributed by atoms with Crippen LogP contribution in [0.5, 0.6) is 5.75 Å². The van der Waals surface area contributed by atoms with Crippen LogP contribution in [0.15, 0.2) is 48.5 Å². The number of ketones is 1. The van der Waals surface area contributed by atoms with Crippen LogP contribution in [0.1, 0.15) is 16.1 Å². The van der Waals surface area contributed by atoms with Gasteiger partial charge in [0.15, 0.2) is 5.69 Å². The van der Waals surface area contributed by atoms with Crippen molar-refractivity contribution in [3.05, 3.63) is 64.8 Å². The first-order valence-electron chi connectivity index (χ1n) is 6.16. The zero-order chi connectivity index (χ0) is 14.8. The summed E-state index contributed by atoms with van der Waals surface area (Å²) < 4.78 is 0. The number of H-pyrrole nitrogens is 1. The Morgan fingerprint density at radius 3 is 2.48 bits per heavy atom. The maximum atomic E-state index is 12.5. The molecule has 0 saturated heterocycles. The number of hydrogen-bond donors (Lipinski definition) is 2. The largest absolute Gasteiger partial charge is 0.507 e. The maximum Gasteiger partial charge on any atom is 0.219 e. The summed E-state index contributed by atoms with van der Waals surface area (Å²) in [4.78, 5) is 12.5. The predicted molar refractivity (Wildman–Crippen MR) is 78.4 cm³/mol. The highest BCUT2D eigenvalue weighted by molar-refractivity contribution is 6.30. The highest BCUT2D eigenvalue weighted by Crippen LogP contribution is 2.26. The van der Waals surface area contributed by atoms with Crippen molar-refractivity contribution in [2.24, 2.45) is 0 Å². The molecule has 5 nitrogen and oxygen atoms in total. The SMILES string of the molecule is O=C(c1ccccc1O)c1n[nH]nc1-c1ccc(Cl)cc1. The number of carbonyl (C=O) groups is 1. The molecule has 3 rings (SSSR count). The van der Waals surface area contributed by atoms with Gasteiger partial charge < -0.3 is 5.11 Å².